The fourth-order valence-corrected chi connectivity index (χ4v) is 3.72. The maximum absolute atomic E-state index is 12.3. The molecule has 9 nitrogen and oxygen atoms in total. The van der Waals surface area contributed by atoms with Crippen LogP contribution in [0.25, 0.3) is 11.4 Å². The van der Waals surface area contributed by atoms with E-state index in [0.717, 1.165) is 12.0 Å². The molecular weight excluding hydrogens is 404 g/mol. The highest BCUT2D eigenvalue weighted by molar-refractivity contribution is 7.99. The fraction of sp³-hybridized carbons (Fsp3) is 0.400. The van der Waals surface area contributed by atoms with Crippen molar-refractivity contribution in [3.05, 3.63) is 42.1 Å². The standard InChI is InChI=1S/C20H26N6O3S/c1-25-13-16(19(24-25)29-3)18-22-23-20(26(18)11-12-28-2)30-14-17(27)21-10-9-15-7-5-4-6-8-15/h4-8,13H,9-12,14H2,1-3H3,(H,21,27). The Morgan fingerprint density at radius 1 is 1.20 bits per heavy atom. The Morgan fingerprint density at radius 3 is 2.73 bits per heavy atom. The molecule has 0 bridgehead atoms. The van der Waals surface area contributed by atoms with Gasteiger partial charge in [0.2, 0.25) is 11.8 Å². The Kier molecular flexibility index (Phi) is 7.86. The molecule has 0 saturated carbocycles. The number of methoxy groups -OCH3 is 2. The summed E-state index contributed by atoms with van der Waals surface area (Å²) in [4.78, 5) is 12.3. The second-order valence-electron chi connectivity index (χ2n) is 6.55. The summed E-state index contributed by atoms with van der Waals surface area (Å²) in [6.07, 6.45) is 2.63. The molecule has 1 N–H and O–H groups in total. The van der Waals surface area contributed by atoms with Gasteiger partial charge in [0, 0.05) is 26.9 Å². The molecule has 0 fully saturated rings. The van der Waals surface area contributed by atoms with Crippen LogP contribution in [0.3, 0.4) is 0 Å². The highest BCUT2D eigenvalue weighted by Gasteiger charge is 2.20. The van der Waals surface area contributed by atoms with E-state index >= 15 is 0 Å². The van der Waals surface area contributed by atoms with E-state index in [1.807, 2.05) is 48.1 Å². The molecule has 2 heterocycles. The number of hydrogen-bond acceptors (Lipinski definition) is 7. The van der Waals surface area contributed by atoms with Crippen LogP contribution < -0.4 is 10.1 Å². The monoisotopic (exact) mass is 430 g/mol. The first kappa shape index (κ1) is 21.8. The number of nitrogens with one attached hydrogen (secondary N) is 1. The van der Waals surface area contributed by atoms with Crippen molar-refractivity contribution >= 4 is 17.7 Å². The average Bonchev–Trinajstić information content (AvgIpc) is 3.33. The number of benzene rings is 1. The van der Waals surface area contributed by atoms with E-state index in [9.17, 15) is 4.79 Å². The topological polar surface area (TPSA) is 96.1 Å². The van der Waals surface area contributed by atoms with Crippen LogP contribution in [-0.4, -0.2) is 63.6 Å². The van der Waals surface area contributed by atoms with Gasteiger partial charge in [0.15, 0.2) is 11.0 Å². The van der Waals surface area contributed by atoms with E-state index in [1.54, 1.807) is 18.9 Å². The lowest BCUT2D eigenvalue weighted by molar-refractivity contribution is -0.118. The summed E-state index contributed by atoms with van der Waals surface area (Å²) in [6, 6.07) is 10.1. The molecule has 3 rings (SSSR count). The van der Waals surface area contributed by atoms with Crippen molar-refractivity contribution in [2.45, 2.75) is 18.1 Å². The van der Waals surface area contributed by atoms with Gasteiger partial charge in [-0.3, -0.25) is 14.0 Å². The minimum absolute atomic E-state index is 0.0438. The van der Waals surface area contributed by atoms with E-state index in [4.69, 9.17) is 9.47 Å². The van der Waals surface area contributed by atoms with Crippen molar-refractivity contribution in [2.24, 2.45) is 7.05 Å². The zero-order valence-corrected chi connectivity index (χ0v) is 18.2. The lowest BCUT2D eigenvalue weighted by Crippen LogP contribution is -2.27. The minimum Gasteiger partial charge on any atom is -0.479 e. The van der Waals surface area contributed by atoms with Crippen LogP contribution in [0.15, 0.2) is 41.7 Å². The van der Waals surface area contributed by atoms with Gasteiger partial charge in [-0.15, -0.1) is 15.3 Å². The minimum atomic E-state index is -0.0438. The number of amides is 1. The maximum atomic E-state index is 12.3. The predicted molar refractivity (Wildman–Crippen MR) is 115 cm³/mol. The molecule has 0 aliphatic carbocycles. The number of rotatable bonds is 11. The van der Waals surface area contributed by atoms with Gasteiger partial charge < -0.3 is 14.8 Å². The van der Waals surface area contributed by atoms with Gasteiger partial charge in [0.1, 0.15) is 5.56 Å². The summed E-state index contributed by atoms with van der Waals surface area (Å²) >= 11 is 1.34. The number of carbonyl (C=O) groups is 1. The molecule has 0 atom stereocenters. The van der Waals surface area contributed by atoms with Gasteiger partial charge in [-0.2, -0.15) is 0 Å². The van der Waals surface area contributed by atoms with Crippen LogP contribution in [0.2, 0.25) is 0 Å². The first-order chi connectivity index (χ1) is 14.6. The Balaban J connectivity index is 1.63. The second-order valence-corrected chi connectivity index (χ2v) is 7.49. The Morgan fingerprint density at radius 2 is 2.00 bits per heavy atom. The highest BCUT2D eigenvalue weighted by Crippen LogP contribution is 2.29. The average molecular weight is 431 g/mol. The molecule has 0 saturated heterocycles. The smallest absolute Gasteiger partial charge is 0.243 e. The number of hydrogen-bond donors (Lipinski definition) is 1. The van der Waals surface area contributed by atoms with Gasteiger partial charge in [-0.25, -0.2) is 0 Å². The largest absolute Gasteiger partial charge is 0.479 e. The Bertz CT molecular complexity index is 957. The van der Waals surface area contributed by atoms with E-state index in [1.165, 1.54) is 17.3 Å². The lowest BCUT2D eigenvalue weighted by Gasteiger charge is -2.09. The van der Waals surface area contributed by atoms with E-state index < -0.39 is 0 Å². The van der Waals surface area contributed by atoms with Gasteiger partial charge in [-0.1, -0.05) is 42.1 Å². The molecule has 30 heavy (non-hydrogen) atoms. The van der Waals surface area contributed by atoms with Crippen LogP contribution in [0.4, 0.5) is 0 Å². The molecule has 1 amide bonds. The van der Waals surface area contributed by atoms with Crippen molar-refractivity contribution in [2.75, 3.05) is 33.1 Å². The Hall–Kier alpha value is -2.85. The number of aryl methyl sites for hydroxylation is 1. The normalized spacial score (nSPS) is 10.9. The molecule has 0 aliphatic heterocycles. The fourth-order valence-electron chi connectivity index (χ4n) is 2.92. The van der Waals surface area contributed by atoms with Gasteiger partial charge in [0.25, 0.3) is 0 Å². The molecule has 0 aliphatic rings. The molecule has 160 valence electrons. The number of carbonyl (C=O) groups excluding carboxylic acids is 1. The van der Waals surface area contributed by atoms with Crippen molar-refractivity contribution in [3.63, 3.8) is 0 Å². The highest BCUT2D eigenvalue weighted by atomic mass is 32.2. The molecular formula is C20H26N6O3S. The molecule has 10 heteroatoms. The molecule has 1 aromatic carbocycles. The summed E-state index contributed by atoms with van der Waals surface area (Å²) < 4.78 is 14.2. The third-order valence-electron chi connectivity index (χ3n) is 4.38. The quantitative estimate of drug-likeness (QED) is 0.463. The molecule has 0 radical (unpaired) electrons. The Labute approximate surface area is 179 Å². The summed E-state index contributed by atoms with van der Waals surface area (Å²) in [6.45, 7) is 1.64. The van der Waals surface area contributed by atoms with Crippen LogP contribution in [0.1, 0.15) is 5.56 Å². The number of thioether (sulfide) groups is 1. The molecule has 0 unspecified atom stereocenters. The number of aromatic nitrogens is 5. The van der Waals surface area contributed by atoms with Crippen LogP contribution >= 0.6 is 11.8 Å². The third kappa shape index (κ3) is 5.61. The van der Waals surface area contributed by atoms with Crippen molar-refractivity contribution in [1.29, 1.82) is 0 Å². The van der Waals surface area contributed by atoms with Crippen molar-refractivity contribution in [3.8, 4) is 17.3 Å². The molecule has 3 aromatic rings. The van der Waals surface area contributed by atoms with E-state index in [-0.39, 0.29) is 11.7 Å². The SMILES string of the molecule is COCCn1c(SCC(=O)NCCc2ccccc2)nnc1-c1cn(C)nc1OC. The van der Waals surface area contributed by atoms with E-state index in [2.05, 4.69) is 20.6 Å². The van der Waals surface area contributed by atoms with Crippen molar-refractivity contribution in [1.82, 2.24) is 29.9 Å². The summed E-state index contributed by atoms with van der Waals surface area (Å²) in [7, 11) is 5.02. The van der Waals surface area contributed by atoms with Gasteiger partial charge in [-0.05, 0) is 12.0 Å². The maximum Gasteiger partial charge on any atom is 0.243 e. The number of nitrogens with zero attached hydrogens (tertiary/aromatic N) is 5. The van der Waals surface area contributed by atoms with E-state index in [0.29, 0.717) is 36.6 Å². The predicted octanol–water partition coefficient (Wildman–Crippen LogP) is 1.78. The summed E-state index contributed by atoms with van der Waals surface area (Å²) in [5.74, 6) is 1.31. The van der Waals surface area contributed by atoms with Crippen LogP contribution in [0, 0.1) is 0 Å². The lowest BCUT2D eigenvalue weighted by atomic mass is 10.1. The summed E-state index contributed by atoms with van der Waals surface area (Å²) in [5.41, 5.74) is 1.93. The third-order valence-corrected chi connectivity index (χ3v) is 5.34. The van der Waals surface area contributed by atoms with Gasteiger partial charge in [0.05, 0.1) is 26.0 Å². The first-order valence-electron chi connectivity index (χ1n) is 9.56. The molecule has 0 spiro atoms. The van der Waals surface area contributed by atoms with Crippen molar-refractivity contribution < 1.29 is 14.3 Å². The van der Waals surface area contributed by atoms with Gasteiger partial charge >= 0.3 is 0 Å². The summed E-state index contributed by atoms with van der Waals surface area (Å²) in [5, 5.41) is 16.5. The zero-order valence-electron chi connectivity index (χ0n) is 17.4. The van der Waals surface area contributed by atoms with Crippen LogP contribution in [0.5, 0.6) is 5.88 Å². The first-order valence-corrected chi connectivity index (χ1v) is 10.5. The van der Waals surface area contributed by atoms with Crippen LogP contribution in [-0.2, 0) is 29.5 Å². The number of ether oxygens (including phenoxy) is 2. The zero-order chi connectivity index (χ0) is 21.3. The molecule has 2 aromatic heterocycles. The second kappa shape index (κ2) is 10.8.